The highest BCUT2D eigenvalue weighted by Gasteiger charge is 2.26. The molecule has 0 bridgehead atoms. The van der Waals surface area contributed by atoms with Gasteiger partial charge in [-0.05, 0) is 50.4 Å². The maximum Gasteiger partial charge on any atom is 0.242 e. The van der Waals surface area contributed by atoms with Crippen molar-refractivity contribution in [3.63, 3.8) is 0 Å². The number of amides is 4. The minimum Gasteiger partial charge on any atom is -0.354 e. The minimum atomic E-state index is -0.780. The van der Waals surface area contributed by atoms with Gasteiger partial charge in [0.1, 0.15) is 12.1 Å². The first kappa shape index (κ1) is 27.8. The van der Waals surface area contributed by atoms with Crippen molar-refractivity contribution in [3.8, 4) is 0 Å². The SMILES string of the molecule is CC(C)CC1NC(=O)[C@@H](N)CCCNC(=O)C(CC(C)C)NC(=O)[C@@H](N)CCCNC1=O. The molecule has 0 saturated carbocycles. The van der Waals surface area contributed by atoms with Crippen LogP contribution in [-0.4, -0.2) is 60.9 Å². The summed E-state index contributed by atoms with van der Waals surface area (Å²) >= 11 is 0. The van der Waals surface area contributed by atoms with E-state index in [0.717, 1.165) is 0 Å². The Labute approximate surface area is 191 Å². The average Bonchev–Trinajstić information content (AvgIpc) is 2.71. The number of carbonyl (C=O) groups excluding carboxylic acids is 4. The van der Waals surface area contributed by atoms with Crippen LogP contribution < -0.4 is 32.7 Å². The first-order valence-corrected chi connectivity index (χ1v) is 11.7. The Morgan fingerprint density at radius 2 is 1.03 bits per heavy atom. The summed E-state index contributed by atoms with van der Waals surface area (Å²) in [7, 11) is 0. The molecule has 10 nitrogen and oxygen atoms in total. The highest BCUT2D eigenvalue weighted by atomic mass is 16.2. The summed E-state index contributed by atoms with van der Waals surface area (Å²) < 4.78 is 0. The zero-order valence-electron chi connectivity index (χ0n) is 19.9. The monoisotopic (exact) mass is 454 g/mol. The number of nitrogens with two attached hydrogens (primary N) is 2. The maximum atomic E-state index is 12.6. The van der Waals surface area contributed by atoms with Gasteiger partial charge in [0.2, 0.25) is 23.6 Å². The smallest absolute Gasteiger partial charge is 0.242 e. The fourth-order valence-corrected chi connectivity index (χ4v) is 3.54. The molecule has 2 unspecified atom stereocenters. The zero-order chi connectivity index (χ0) is 24.3. The quantitative estimate of drug-likeness (QED) is 0.335. The lowest BCUT2D eigenvalue weighted by Crippen LogP contribution is -2.53. The van der Waals surface area contributed by atoms with Gasteiger partial charge in [-0.2, -0.15) is 0 Å². The molecule has 1 rings (SSSR count). The Kier molecular flexibility index (Phi) is 12.2. The van der Waals surface area contributed by atoms with Gasteiger partial charge in [-0.25, -0.2) is 0 Å². The van der Waals surface area contributed by atoms with E-state index in [1.807, 2.05) is 27.7 Å². The van der Waals surface area contributed by atoms with Crippen molar-refractivity contribution < 1.29 is 19.2 Å². The standard InChI is InChI=1S/C22H42N6O4/c1-13(2)11-17-21(31)25-9-5-8-16(24)20(30)28-18(12-14(3)4)22(32)26-10-6-7-15(23)19(29)27-17/h13-18H,5-12,23-24H2,1-4H3,(H,25,31)(H,26,32)(H,27,29)(H,28,30)/t15-,16-,17?,18?/m0/s1. The van der Waals surface area contributed by atoms with E-state index in [4.69, 9.17) is 11.5 Å². The summed E-state index contributed by atoms with van der Waals surface area (Å²) in [5.74, 6) is -0.918. The van der Waals surface area contributed by atoms with Crippen LogP contribution in [-0.2, 0) is 19.2 Å². The molecule has 184 valence electrons. The van der Waals surface area contributed by atoms with E-state index in [1.54, 1.807) is 0 Å². The topological polar surface area (TPSA) is 168 Å². The summed E-state index contributed by atoms with van der Waals surface area (Å²) in [5.41, 5.74) is 12.0. The van der Waals surface area contributed by atoms with Gasteiger partial charge in [0.25, 0.3) is 0 Å². The molecule has 0 aromatic carbocycles. The lowest BCUT2D eigenvalue weighted by Gasteiger charge is -2.24. The fourth-order valence-electron chi connectivity index (χ4n) is 3.54. The van der Waals surface area contributed by atoms with E-state index < -0.39 is 24.2 Å². The number of hydrogen-bond donors (Lipinski definition) is 6. The van der Waals surface area contributed by atoms with Crippen LogP contribution in [0.25, 0.3) is 0 Å². The van der Waals surface area contributed by atoms with Gasteiger partial charge in [0, 0.05) is 13.1 Å². The molecule has 0 aliphatic carbocycles. The molecule has 0 aromatic heterocycles. The highest BCUT2D eigenvalue weighted by molar-refractivity contribution is 5.90. The number of hydrogen-bond acceptors (Lipinski definition) is 6. The third-order valence-electron chi connectivity index (χ3n) is 5.34. The Morgan fingerprint density at radius 3 is 1.34 bits per heavy atom. The molecule has 10 heteroatoms. The Bertz CT molecular complexity index is 586. The van der Waals surface area contributed by atoms with Crippen molar-refractivity contribution in [2.45, 2.75) is 90.4 Å². The van der Waals surface area contributed by atoms with E-state index in [9.17, 15) is 19.2 Å². The summed E-state index contributed by atoms with van der Waals surface area (Å²) in [6.07, 6.45) is 2.66. The van der Waals surface area contributed by atoms with Gasteiger partial charge in [0.15, 0.2) is 0 Å². The Balaban J connectivity index is 2.90. The second kappa shape index (κ2) is 14.1. The van der Waals surface area contributed by atoms with E-state index in [0.29, 0.717) is 51.6 Å². The molecule has 1 saturated heterocycles. The van der Waals surface area contributed by atoms with Gasteiger partial charge in [-0.15, -0.1) is 0 Å². The lowest BCUT2D eigenvalue weighted by atomic mass is 10.0. The number of carbonyl (C=O) groups is 4. The summed E-state index contributed by atoms with van der Waals surface area (Å²) in [6, 6.07) is -2.92. The van der Waals surface area contributed by atoms with E-state index in [-0.39, 0.29) is 35.5 Å². The molecule has 32 heavy (non-hydrogen) atoms. The second-order valence-electron chi connectivity index (χ2n) is 9.46. The van der Waals surface area contributed by atoms with Gasteiger partial charge < -0.3 is 32.7 Å². The van der Waals surface area contributed by atoms with Crippen LogP contribution in [0.5, 0.6) is 0 Å². The van der Waals surface area contributed by atoms with Crippen molar-refractivity contribution in [1.29, 1.82) is 0 Å². The highest BCUT2D eigenvalue weighted by Crippen LogP contribution is 2.08. The second-order valence-corrected chi connectivity index (χ2v) is 9.46. The average molecular weight is 455 g/mol. The third kappa shape index (κ3) is 10.4. The van der Waals surface area contributed by atoms with Crippen LogP contribution >= 0.6 is 0 Å². The van der Waals surface area contributed by atoms with Crippen LogP contribution in [0.1, 0.15) is 66.2 Å². The largest absolute Gasteiger partial charge is 0.354 e. The molecule has 1 fully saturated rings. The third-order valence-corrected chi connectivity index (χ3v) is 5.34. The van der Waals surface area contributed by atoms with Crippen molar-refractivity contribution in [2.75, 3.05) is 13.1 Å². The van der Waals surface area contributed by atoms with Crippen molar-refractivity contribution in [3.05, 3.63) is 0 Å². The summed E-state index contributed by atoms with van der Waals surface area (Å²) in [6.45, 7) is 8.53. The fraction of sp³-hybridized carbons (Fsp3) is 0.818. The minimum absolute atomic E-state index is 0.200. The van der Waals surface area contributed by atoms with E-state index in [2.05, 4.69) is 21.3 Å². The van der Waals surface area contributed by atoms with Gasteiger partial charge >= 0.3 is 0 Å². The zero-order valence-corrected chi connectivity index (χ0v) is 19.9. The normalized spacial score (nSPS) is 27.8. The summed E-state index contributed by atoms with van der Waals surface area (Å²) in [4.78, 5) is 50.2. The van der Waals surface area contributed by atoms with Crippen LogP contribution in [0.4, 0.5) is 0 Å². The summed E-state index contributed by atoms with van der Waals surface area (Å²) in [5, 5.41) is 11.1. The predicted molar refractivity (Wildman–Crippen MR) is 123 cm³/mol. The van der Waals surface area contributed by atoms with Crippen LogP contribution in [0, 0.1) is 11.8 Å². The molecule has 4 amide bonds. The van der Waals surface area contributed by atoms with Crippen molar-refractivity contribution >= 4 is 23.6 Å². The van der Waals surface area contributed by atoms with Crippen molar-refractivity contribution in [2.24, 2.45) is 23.3 Å². The Hall–Kier alpha value is -2.20. The molecule has 1 heterocycles. The van der Waals surface area contributed by atoms with Gasteiger partial charge in [0.05, 0.1) is 12.1 Å². The molecule has 0 spiro atoms. The van der Waals surface area contributed by atoms with Crippen molar-refractivity contribution in [1.82, 2.24) is 21.3 Å². The maximum absolute atomic E-state index is 12.6. The molecule has 8 N–H and O–H groups in total. The van der Waals surface area contributed by atoms with E-state index >= 15 is 0 Å². The number of nitrogens with one attached hydrogen (secondary N) is 4. The van der Waals surface area contributed by atoms with Crippen LogP contribution in [0.3, 0.4) is 0 Å². The number of rotatable bonds is 4. The van der Waals surface area contributed by atoms with E-state index in [1.165, 1.54) is 0 Å². The van der Waals surface area contributed by atoms with Gasteiger partial charge in [-0.3, -0.25) is 19.2 Å². The lowest BCUT2D eigenvalue weighted by molar-refractivity contribution is -0.130. The first-order chi connectivity index (χ1) is 15.0. The van der Waals surface area contributed by atoms with Gasteiger partial charge in [-0.1, -0.05) is 27.7 Å². The first-order valence-electron chi connectivity index (χ1n) is 11.7. The molecular weight excluding hydrogens is 412 g/mol. The molecule has 1 aliphatic rings. The molecule has 1 aliphatic heterocycles. The van der Waals surface area contributed by atoms with Crippen LogP contribution in [0.2, 0.25) is 0 Å². The molecule has 4 atom stereocenters. The predicted octanol–water partition coefficient (Wildman–Crippen LogP) is -0.491. The Morgan fingerprint density at radius 1 is 0.688 bits per heavy atom. The molecular formula is C22H42N6O4. The van der Waals surface area contributed by atoms with Crippen LogP contribution in [0.15, 0.2) is 0 Å². The molecule has 0 radical (unpaired) electrons. The molecule has 0 aromatic rings.